The molecule has 0 bridgehead atoms. The molecule has 1 aliphatic carbocycles. The van der Waals surface area contributed by atoms with Gasteiger partial charge >= 0.3 is 0 Å². The third-order valence-electron chi connectivity index (χ3n) is 3.85. The Labute approximate surface area is 118 Å². The molecule has 8 heteroatoms. The second-order valence-electron chi connectivity index (χ2n) is 5.41. The predicted octanol–water partition coefficient (Wildman–Crippen LogP) is 1.17. The number of hydrogen-bond acceptors (Lipinski definition) is 4. The summed E-state index contributed by atoms with van der Waals surface area (Å²) in [5.41, 5.74) is -0.247. The van der Waals surface area contributed by atoms with Crippen molar-refractivity contribution >= 4 is 21.6 Å². The highest BCUT2D eigenvalue weighted by Crippen LogP contribution is 2.43. The van der Waals surface area contributed by atoms with E-state index >= 15 is 0 Å². The van der Waals surface area contributed by atoms with Crippen molar-refractivity contribution in [1.29, 1.82) is 0 Å². The van der Waals surface area contributed by atoms with Crippen LogP contribution >= 0.6 is 11.6 Å². The molecule has 1 aromatic rings. The van der Waals surface area contributed by atoms with Crippen molar-refractivity contribution in [3.05, 3.63) is 11.5 Å². The fourth-order valence-electron chi connectivity index (χ4n) is 2.30. The second kappa shape index (κ2) is 4.73. The van der Waals surface area contributed by atoms with Gasteiger partial charge in [0.15, 0.2) is 0 Å². The van der Waals surface area contributed by atoms with E-state index in [4.69, 9.17) is 16.3 Å². The number of nitrogens with zero attached hydrogens (tertiary/aromatic N) is 2. The maximum Gasteiger partial charge on any atom is 0.261 e. The Morgan fingerprint density at radius 1 is 1.58 bits per heavy atom. The van der Waals surface area contributed by atoms with Crippen LogP contribution in [0.3, 0.4) is 0 Å². The average molecular weight is 308 g/mol. The zero-order chi connectivity index (χ0) is 14.4. The Balaban J connectivity index is 2.18. The molecule has 0 saturated heterocycles. The van der Waals surface area contributed by atoms with Crippen LogP contribution in [0, 0.1) is 5.41 Å². The van der Waals surface area contributed by atoms with Crippen molar-refractivity contribution < 1.29 is 13.2 Å². The van der Waals surface area contributed by atoms with E-state index in [-0.39, 0.29) is 27.7 Å². The van der Waals surface area contributed by atoms with E-state index < -0.39 is 10.0 Å². The molecule has 0 aliphatic heterocycles. The Bertz CT molecular complexity index is 582. The Hall–Kier alpha value is -0.630. The van der Waals surface area contributed by atoms with Crippen LogP contribution in [0.25, 0.3) is 0 Å². The van der Waals surface area contributed by atoms with Crippen molar-refractivity contribution in [3.63, 3.8) is 0 Å². The maximum absolute atomic E-state index is 12.2. The SMILES string of the molecule is COC1CC(NS(=O)(=O)c2ncn(C)c2Cl)C1(C)C. The normalized spacial score (nSPS) is 26.2. The van der Waals surface area contributed by atoms with Crippen LogP contribution in [-0.2, 0) is 21.8 Å². The highest BCUT2D eigenvalue weighted by atomic mass is 35.5. The summed E-state index contributed by atoms with van der Waals surface area (Å²) >= 11 is 5.92. The van der Waals surface area contributed by atoms with Crippen molar-refractivity contribution in [2.24, 2.45) is 12.5 Å². The van der Waals surface area contributed by atoms with Crippen LogP contribution in [0.2, 0.25) is 5.15 Å². The molecule has 0 amide bonds. The summed E-state index contributed by atoms with van der Waals surface area (Å²) in [6.07, 6.45) is 2.08. The minimum absolute atomic E-state index is 0.0550. The molecule has 0 radical (unpaired) electrons. The van der Waals surface area contributed by atoms with Gasteiger partial charge in [-0.05, 0) is 6.42 Å². The first kappa shape index (κ1) is 14.8. The lowest BCUT2D eigenvalue weighted by atomic mass is 9.65. The van der Waals surface area contributed by atoms with E-state index in [9.17, 15) is 8.42 Å². The first-order chi connectivity index (χ1) is 8.70. The monoisotopic (exact) mass is 307 g/mol. The number of sulfonamides is 1. The van der Waals surface area contributed by atoms with Gasteiger partial charge in [0, 0.05) is 25.6 Å². The number of aryl methyl sites for hydroxylation is 1. The van der Waals surface area contributed by atoms with Gasteiger partial charge < -0.3 is 9.30 Å². The van der Waals surface area contributed by atoms with Crippen LogP contribution in [0.4, 0.5) is 0 Å². The molecule has 1 fully saturated rings. The van der Waals surface area contributed by atoms with Crippen LogP contribution in [0.1, 0.15) is 20.3 Å². The molecule has 1 N–H and O–H groups in total. The number of nitrogens with one attached hydrogen (secondary N) is 1. The Morgan fingerprint density at radius 3 is 2.63 bits per heavy atom. The van der Waals surface area contributed by atoms with E-state index in [2.05, 4.69) is 9.71 Å². The number of rotatable bonds is 4. The van der Waals surface area contributed by atoms with Crippen LogP contribution in [0.5, 0.6) is 0 Å². The van der Waals surface area contributed by atoms with E-state index in [0.717, 1.165) is 0 Å². The molecule has 19 heavy (non-hydrogen) atoms. The van der Waals surface area contributed by atoms with Crippen LogP contribution in [0.15, 0.2) is 11.4 Å². The second-order valence-corrected chi connectivity index (χ2v) is 7.39. The number of hydrogen-bond donors (Lipinski definition) is 1. The first-order valence-corrected chi connectivity index (χ1v) is 7.78. The van der Waals surface area contributed by atoms with Crippen molar-refractivity contribution in [2.75, 3.05) is 7.11 Å². The number of ether oxygens (including phenoxy) is 1. The third kappa shape index (κ3) is 2.40. The smallest absolute Gasteiger partial charge is 0.261 e. The Morgan fingerprint density at radius 2 is 2.21 bits per heavy atom. The van der Waals surface area contributed by atoms with E-state index in [1.807, 2.05) is 13.8 Å². The van der Waals surface area contributed by atoms with Crippen molar-refractivity contribution in [2.45, 2.75) is 37.4 Å². The van der Waals surface area contributed by atoms with E-state index in [1.165, 1.54) is 10.9 Å². The molecule has 2 rings (SSSR count). The quantitative estimate of drug-likeness (QED) is 0.906. The average Bonchev–Trinajstić information content (AvgIpc) is 2.65. The fraction of sp³-hybridized carbons (Fsp3) is 0.727. The van der Waals surface area contributed by atoms with E-state index in [0.29, 0.717) is 6.42 Å². The van der Waals surface area contributed by atoms with Gasteiger partial charge in [0.2, 0.25) is 5.03 Å². The third-order valence-corrected chi connectivity index (χ3v) is 5.81. The molecule has 0 spiro atoms. The van der Waals surface area contributed by atoms with Gasteiger partial charge in [-0.25, -0.2) is 18.1 Å². The molecular weight excluding hydrogens is 290 g/mol. The van der Waals surface area contributed by atoms with Gasteiger partial charge in [-0.3, -0.25) is 0 Å². The van der Waals surface area contributed by atoms with Gasteiger partial charge in [0.05, 0.1) is 12.4 Å². The number of methoxy groups -OCH3 is 1. The van der Waals surface area contributed by atoms with Gasteiger partial charge in [-0.2, -0.15) is 0 Å². The highest BCUT2D eigenvalue weighted by molar-refractivity contribution is 7.89. The zero-order valence-corrected chi connectivity index (χ0v) is 12.9. The largest absolute Gasteiger partial charge is 0.381 e. The van der Waals surface area contributed by atoms with Gasteiger partial charge in [0.1, 0.15) is 5.15 Å². The Kier molecular flexibility index (Phi) is 3.68. The molecule has 1 aliphatic rings. The lowest BCUT2D eigenvalue weighted by molar-refractivity contribution is -0.0908. The summed E-state index contributed by atoms with van der Waals surface area (Å²) in [4.78, 5) is 3.83. The molecule has 1 aromatic heterocycles. The fourth-order valence-corrected chi connectivity index (χ4v) is 4.14. The van der Waals surface area contributed by atoms with E-state index in [1.54, 1.807) is 14.2 Å². The van der Waals surface area contributed by atoms with Crippen molar-refractivity contribution in [3.8, 4) is 0 Å². The van der Waals surface area contributed by atoms with Crippen LogP contribution in [-0.4, -0.2) is 37.2 Å². The zero-order valence-electron chi connectivity index (χ0n) is 11.3. The lowest BCUT2D eigenvalue weighted by Crippen LogP contribution is -2.61. The first-order valence-electron chi connectivity index (χ1n) is 5.92. The summed E-state index contributed by atoms with van der Waals surface area (Å²) in [5.74, 6) is 0. The van der Waals surface area contributed by atoms with Crippen LogP contribution < -0.4 is 4.72 Å². The van der Waals surface area contributed by atoms with Gasteiger partial charge in [-0.15, -0.1) is 0 Å². The number of aromatic nitrogens is 2. The molecule has 0 aromatic carbocycles. The highest BCUT2D eigenvalue weighted by Gasteiger charge is 2.50. The number of halogens is 1. The summed E-state index contributed by atoms with van der Waals surface area (Å²) < 4.78 is 33.9. The summed E-state index contributed by atoms with van der Waals surface area (Å²) in [6, 6.07) is -0.180. The molecule has 2 atom stereocenters. The summed E-state index contributed by atoms with van der Waals surface area (Å²) in [7, 11) is -0.429. The molecular formula is C11H18ClN3O3S. The lowest BCUT2D eigenvalue weighted by Gasteiger charge is -2.50. The number of imidazole rings is 1. The molecule has 108 valence electrons. The molecule has 1 saturated carbocycles. The van der Waals surface area contributed by atoms with Crippen molar-refractivity contribution in [1.82, 2.24) is 14.3 Å². The predicted molar refractivity (Wildman–Crippen MR) is 71.5 cm³/mol. The molecule has 6 nitrogen and oxygen atoms in total. The van der Waals surface area contributed by atoms with Gasteiger partial charge in [-0.1, -0.05) is 25.4 Å². The minimum atomic E-state index is -3.70. The topological polar surface area (TPSA) is 73.2 Å². The minimum Gasteiger partial charge on any atom is -0.381 e. The standard InChI is InChI=1S/C11H18ClN3O3S/c1-11(2)7(5-8(11)18-4)14-19(16,17)10-9(12)15(3)6-13-10/h6-8,14H,5H2,1-4H3. The summed E-state index contributed by atoms with van der Waals surface area (Å²) in [6.45, 7) is 3.94. The molecule has 1 heterocycles. The maximum atomic E-state index is 12.2. The van der Waals surface area contributed by atoms with Gasteiger partial charge in [0.25, 0.3) is 10.0 Å². The molecule has 2 unspecified atom stereocenters. The summed E-state index contributed by atoms with van der Waals surface area (Å²) in [5, 5.41) is -0.0266.